The van der Waals surface area contributed by atoms with E-state index in [0.29, 0.717) is 6.61 Å². The lowest BCUT2D eigenvalue weighted by Gasteiger charge is -2.39. The van der Waals surface area contributed by atoms with Crippen LogP contribution >= 0.6 is 0 Å². The van der Waals surface area contributed by atoms with E-state index in [2.05, 4.69) is 16.8 Å². The number of ether oxygens (including phenoxy) is 1. The maximum atomic E-state index is 11.9. The fourth-order valence-corrected chi connectivity index (χ4v) is 2.18. The van der Waals surface area contributed by atoms with E-state index >= 15 is 0 Å². The SMILES string of the molecule is CCCCOC(=O)N1CCCN2CCCN=C21. The number of hydrogen-bond donors (Lipinski definition) is 0. The molecule has 0 aromatic rings. The zero-order valence-electron chi connectivity index (χ0n) is 10.5. The first-order chi connectivity index (χ1) is 8.33. The van der Waals surface area contributed by atoms with E-state index in [-0.39, 0.29) is 6.09 Å². The number of hydrogen-bond acceptors (Lipinski definition) is 4. The van der Waals surface area contributed by atoms with E-state index in [1.54, 1.807) is 4.90 Å². The summed E-state index contributed by atoms with van der Waals surface area (Å²) in [5, 5.41) is 0. The molecule has 0 radical (unpaired) electrons. The van der Waals surface area contributed by atoms with Crippen molar-refractivity contribution in [3.05, 3.63) is 0 Å². The average Bonchev–Trinajstić information content (AvgIpc) is 2.38. The van der Waals surface area contributed by atoms with Crippen LogP contribution in [0.4, 0.5) is 4.79 Å². The van der Waals surface area contributed by atoms with Crippen molar-refractivity contribution >= 4 is 12.1 Å². The summed E-state index contributed by atoms with van der Waals surface area (Å²) in [6.45, 7) is 6.18. The van der Waals surface area contributed by atoms with Crippen molar-refractivity contribution < 1.29 is 9.53 Å². The Bertz CT molecular complexity index is 304. The molecule has 0 spiro atoms. The number of aliphatic imine (C=N–C) groups is 1. The van der Waals surface area contributed by atoms with Gasteiger partial charge in [-0.1, -0.05) is 13.3 Å². The van der Waals surface area contributed by atoms with Gasteiger partial charge in [-0.2, -0.15) is 0 Å². The molecule has 0 saturated carbocycles. The first-order valence-corrected chi connectivity index (χ1v) is 6.56. The molecule has 1 amide bonds. The zero-order valence-corrected chi connectivity index (χ0v) is 10.5. The highest BCUT2D eigenvalue weighted by molar-refractivity contribution is 5.94. The van der Waals surface area contributed by atoms with Gasteiger partial charge in [-0.3, -0.25) is 4.99 Å². The van der Waals surface area contributed by atoms with Crippen LogP contribution in [-0.2, 0) is 4.74 Å². The highest BCUT2D eigenvalue weighted by Crippen LogP contribution is 2.15. The predicted octanol–water partition coefficient (Wildman–Crippen LogP) is 1.69. The second-order valence-electron chi connectivity index (χ2n) is 4.50. The van der Waals surface area contributed by atoms with Crippen molar-refractivity contribution in [2.45, 2.75) is 32.6 Å². The lowest BCUT2D eigenvalue weighted by molar-refractivity contribution is 0.109. The average molecular weight is 239 g/mol. The molecule has 5 nitrogen and oxygen atoms in total. The van der Waals surface area contributed by atoms with Crippen molar-refractivity contribution in [2.24, 2.45) is 4.99 Å². The van der Waals surface area contributed by atoms with Gasteiger partial charge in [0, 0.05) is 26.2 Å². The fourth-order valence-electron chi connectivity index (χ4n) is 2.18. The molecule has 0 unspecified atom stereocenters. The summed E-state index contributed by atoms with van der Waals surface area (Å²) in [4.78, 5) is 20.3. The van der Waals surface area contributed by atoms with Crippen LogP contribution in [0.15, 0.2) is 4.99 Å². The third-order valence-electron chi connectivity index (χ3n) is 3.12. The molecule has 1 saturated heterocycles. The first-order valence-electron chi connectivity index (χ1n) is 6.56. The Labute approximate surface area is 102 Å². The molecule has 96 valence electrons. The standard InChI is InChI=1S/C12H21N3O2/c1-2-3-10-17-12(16)15-9-5-8-14-7-4-6-13-11(14)15/h2-10H2,1H3. The minimum Gasteiger partial charge on any atom is -0.449 e. The molecule has 0 N–H and O–H groups in total. The van der Waals surface area contributed by atoms with Crippen LogP contribution in [0.3, 0.4) is 0 Å². The molecule has 0 aliphatic carbocycles. The van der Waals surface area contributed by atoms with Crippen LogP contribution in [0.2, 0.25) is 0 Å². The van der Waals surface area contributed by atoms with Gasteiger partial charge in [0.15, 0.2) is 0 Å². The Hall–Kier alpha value is -1.26. The van der Waals surface area contributed by atoms with E-state index in [9.17, 15) is 4.79 Å². The Balaban J connectivity index is 1.94. The van der Waals surface area contributed by atoms with Gasteiger partial charge in [0.05, 0.1) is 6.61 Å². The summed E-state index contributed by atoms with van der Waals surface area (Å²) < 4.78 is 5.25. The van der Waals surface area contributed by atoms with Crippen LogP contribution in [-0.4, -0.2) is 54.6 Å². The molecular formula is C12H21N3O2. The van der Waals surface area contributed by atoms with Gasteiger partial charge >= 0.3 is 6.09 Å². The number of rotatable bonds is 3. The molecule has 1 fully saturated rings. The normalized spacial score (nSPS) is 19.7. The maximum absolute atomic E-state index is 11.9. The molecule has 2 heterocycles. The van der Waals surface area contributed by atoms with E-state index in [1.165, 1.54) is 0 Å². The third kappa shape index (κ3) is 2.90. The number of nitrogens with zero attached hydrogens (tertiary/aromatic N) is 3. The molecule has 5 heteroatoms. The largest absolute Gasteiger partial charge is 0.449 e. The van der Waals surface area contributed by atoms with E-state index in [0.717, 1.165) is 57.8 Å². The predicted molar refractivity (Wildman–Crippen MR) is 66.1 cm³/mol. The summed E-state index contributed by atoms with van der Waals surface area (Å²) >= 11 is 0. The second-order valence-corrected chi connectivity index (χ2v) is 4.50. The van der Waals surface area contributed by atoms with Gasteiger partial charge in [-0.15, -0.1) is 0 Å². The van der Waals surface area contributed by atoms with Gasteiger partial charge < -0.3 is 9.64 Å². The number of unbranched alkanes of at least 4 members (excludes halogenated alkanes) is 1. The minimum absolute atomic E-state index is 0.233. The molecular weight excluding hydrogens is 218 g/mol. The van der Waals surface area contributed by atoms with Crippen LogP contribution in [0.5, 0.6) is 0 Å². The molecule has 2 aliphatic heterocycles. The lowest BCUT2D eigenvalue weighted by Crippen LogP contribution is -2.54. The van der Waals surface area contributed by atoms with Crippen LogP contribution in [0.25, 0.3) is 0 Å². The number of carbonyl (C=O) groups is 1. The van der Waals surface area contributed by atoms with Crippen molar-refractivity contribution in [3.8, 4) is 0 Å². The van der Waals surface area contributed by atoms with Gasteiger partial charge in [-0.25, -0.2) is 9.69 Å². The number of guanidine groups is 1. The molecule has 2 aliphatic rings. The number of amides is 1. The Morgan fingerprint density at radius 1 is 1.35 bits per heavy atom. The quantitative estimate of drug-likeness (QED) is 0.704. The van der Waals surface area contributed by atoms with Crippen molar-refractivity contribution in [1.82, 2.24) is 9.80 Å². The highest BCUT2D eigenvalue weighted by Gasteiger charge is 2.30. The molecule has 0 bridgehead atoms. The number of fused-ring (bicyclic) bond motifs is 1. The monoisotopic (exact) mass is 239 g/mol. The molecule has 17 heavy (non-hydrogen) atoms. The van der Waals surface area contributed by atoms with Crippen molar-refractivity contribution in [2.75, 3.05) is 32.8 Å². The molecule has 0 aromatic carbocycles. The smallest absolute Gasteiger partial charge is 0.416 e. The third-order valence-corrected chi connectivity index (χ3v) is 3.12. The molecule has 0 aromatic heterocycles. The summed E-state index contributed by atoms with van der Waals surface area (Å²) in [6.07, 6.45) is 3.82. The summed E-state index contributed by atoms with van der Waals surface area (Å²) in [7, 11) is 0. The minimum atomic E-state index is -0.233. The van der Waals surface area contributed by atoms with Crippen LogP contribution in [0.1, 0.15) is 32.6 Å². The summed E-state index contributed by atoms with van der Waals surface area (Å²) in [6, 6.07) is 0. The maximum Gasteiger partial charge on any atom is 0.416 e. The topological polar surface area (TPSA) is 45.1 Å². The van der Waals surface area contributed by atoms with Gasteiger partial charge in [-0.05, 0) is 19.3 Å². The summed E-state index contributed by atoms with van der Waals surface area (Å²) in [5.74, 6) is 0.823. The Kier molecular flexibility index (Phi) is 4.23. The van der Waals surface area contributed by atoms with E-state index < -0.39 is 0 Å². The van der Waals surface area contributed by atoms with Gasteiger partial charge in [0.1, 0.15) is 0 Å². The molecule has 0 atom stereocenters. The zero-order chi connectivity index (χ0) is 12.1. The van der Waals surface area contributed by atoms with Crippen LogP contribution in [0, 0.1) is 0 Å². The van der Waals surface area contributed by atoms with Gasteiger partial charge in [0.25, 0.3) is 0 Å². The number of carbonyl (C=O) groups excluding carboxylic acids is 1. The van der Waals surface area contributed by atoms with Crippen LogP contribution < -0.4 is 0 Å². The summed E-state index contributed by atoms with van der Waals surface area (Å²) in [5.41, 5.74) is 0. The Morgan fingerprint density at radius 2 is 2.18 bits per heavy atom. The van der Waals surface area contributed by atoms with Crippen molar-refractivity contribution in [3.63, 3.8) is 0 Å². The Morgan fingerprint density at radius 3 is 3.00 bits per heavy atom. The highest BCUT2D eigenvalue weighted by atomic mass is 16.6. The first kappa shape index (κ1) is 12.2. The van der Waals surface area contributed by atoms with Gasteiger partial charge in [0.2, 0.25) is 5.96 Å². The van der Waals surface area contributed by atoms with E-state index in [1.807, 2.05) is 0 Å². The lowest BCUT2D eigenvalue weighted by atomic mass is 10.2. The fraction of sp³-hybridized carbons (Fsp3) is 0.833. The van der Waals surface area contributed by atoms with Crippen molar-refractivity contribution in [1.29, 1.82) is 0 Å². The second kappa shape index (κ2) is 5.89. The van der Waals surface area contributed by atoms with E-state index in [4.69, 9.17) is 4.74 Å². The molecule has 2 rings (SSSR count).